The summed E-state index contributed by atoms with van der Waals surface area (Å²) in [6.07, 6.45) is 0. The van der Waals surface area contributed by atoms with Crippen LogP contribution in [0.15, 0.2) is 46.9 Å². The number of pyridine rings is 1. The van der Waals surface area contributed by atoms with Gasteiger partial charge in [0.05, 0.1) is 12.2 Å². The summed E-state index contributed by atoms with van der Waals surface area (Å²) in [6.45, 7) is 0.673. The summed E-state index contributed by atoms with van der Waals surface area (Å²) in [5.74, 6) is 0.551. The van der Waals surface area contributed by atoms with E-state index in [-0.39, 0.29) is 0 Å². The first-order valence-corrected chi connectivity index (χ1v) is 5.74. The number of nitrogens with two attached hydrogens (primary N) is 1. The van der Waals surface area contributed by atoms with E-state index in [9.17, 15) is 0 Å². The largest absolute Gasteiger partial charge is 0.384 e. The van der Waals surface area contributed by atoms with Crippen molar-refractivity contribution in [2.45, 2.75) is 6.54 Å². The second kappa shape index (κ2) is 4.99. The topological polar surface area (TPSA) is 50.9 Å². The van der Waals surface area contributed by atoms with Crippen LogP contribution in [0.25, 0.3) is 0 Å². The molecule has 2 rings (SSSR count). The Hall–Kier alpha value is -1.55. The van der Waals surface area contributed by atoms with Gasteiger partial charge in [0.25, 0.3) is 0 Å². The second-order valence-corrected chi connectivity index (χ2v) is 4.33. The third kappa shape index (κ3) is 2.97. The van der Waals surface area contributed by atoms with Gasteiger partial charge in [-0.25, -0.2) is 4.98 Å². The van der Waals surface area contributed by atoms with Gasteiger partial charge < -0.3 is 11.1 Å². The zero-order chi connectivity index (χ0) is 11.4. The van der Waals surface area contributed by atoms with Gasteiger partial charge in [-0.1, -0.05) is 22.0 Å². The van der Waals surface area contributed by atoms with E-state index in [1.54, 1.807) is 6.07 Å². The van der Waals surface area contributed by atoms with Gasteiger partial charge in [0.2, 0.25) is 0 Å². The number of nitrogens with zero attached hydrogens (tertiary/aromatic N) is 1. The molecule has 0 bridgehead atoms. The minimum absolute atomic E-state index is 0.551. The second-order valence-electron chi connectivity index (χ2n) is 3.41. The van der Waals surface area contributed by atoms with E-state index in [4.69, 9.17) is 5.73 Å². The smallest absolute Gasteiger partial charge is 0.123 e. The lowest BCUT2D eigenvalue weighted by molar-refractivity contribution is 1.05. The molecule has 16 heavy (non-hydrogen) atoms. The molecule has 1 aromatic carbocycles. The third-order valence-corrected chi connectivity index (χ3v) is 2.67. The number of nitrogens with one attached hydrogen (secondary N) is 1. The average Bonchev–Trinajstić information content (AvgIpc) is 2.28. The summed E-state index contributed by atoms with van der Waals surface area (Å²) < 4.78 is 1.07. The molecule has 0 radical (unpaired) electrons. The van der Waals surface area contributed by atoms with Crippen molar-refractivity contribution >= 4 is 27.4 Å². The van der Waals surface area contributed by atoms with Gasteiger partial charge in [0, 0.05) is 10.2 Å². The molecule has 2 aromatic rings. The Morgan fingerprint density at radius 1 is 1.12 bits per heavy atom. The summed E-state index contributed by atoms with van der Waals surface area (Å²) >= 11 is 3.39. The molecule has 3 N–H and O–H groups in total. The predicted molar refractivity (Wildman–Crippen MR) is 70.1 cm³/mol. The van der Waals surface area contributed by atoms with E-state index in [1.807, 2.05) is 36.4 Å². The maximum atomic E-state index is 5.60. The minimum atomic E-state index is 0.551. The normalized spacial score (nSPS) is 10.1. The molecule has 0 spiro atoms. The number of nitrogen functional groups attached to an aromatic ring is 1. The number of hydrogen-bond acceptors (Lipinski definition) is 3. The van der Waals surface area contributed by atoms with Crippen molar-refractivity contribution in [1.82, 2.24) is 4.98 Å². The van der Waals surface area contributed by atoms with E-state index >= 15 is 0 Å². The van der Waals surface area contributed by atoms with Gasteiger partial charge in [0.15, 0.2) is 0 Å². The molecule has 4 heteroatoms. The SMILES string of the molecule is Nc1cccc(CNc2ccc(Br)cc2)n1. The van der Waals surface area contributed by atoms with Crippen LogP contribution in [-0.2, 0) is 6.54 Å². The Morgan fingerprint density at radius 3 is 2.56 bits per heavy atom. The van der Waals surface area contributed by atoms with Crippen LogP contribution >= 0.6 is 15.9 Å². The number of rotatable bonds is 3. The number of aromatic nitrogens is 1. The summed E-state index contributed by atoms with van der Waals surface area (Å²) in [6, 6.07) is 13.6. The number of hydrogen-bond donors (Lipinski definition) is 2. The molecule has 3 nitrogen and oxygen atoms in total. The maximum Gasteiger partial charge on any atom is 0.123 e. The molecule has 0 unspecified atom stereocenters. The molecular formula is C12H12BrN3. The molecule has 0 amide bonds. The maximum absolute atomic E-state index is 5.60. The fourth-order valence-electron chi connectivity index (χ4n) is 1.36. The van der Waals surface area contributed by atoms with Crippen LogP contribution in [0.5, 0.6) is 0 Å². The average molecular weight is 278 g/mol. The molecule has 82 valence electrons. The van der Waals surface area contributed by atoms with Crippen molar-refractivity contribution in [3.05, 3.63) is 52.6 Å². The monoisotopic (exact) mass is 277 g/mol. The highest BCUT2D eigenvalue weighted by Gasteiger charge is 1.96. The van der Waals surface area contributed by atoms with Crippen LogP contribution < -0.4 is 11.1 Å². The highest BCUT2D eigenvalue weighted by Crippen LogP contribution is 2.14. The lowest BCUT2D eigenvalue weighted by atomic mass is 10.3. The first-order chi connectivity index (χ1) is 7.74. The highest BCUT2D eigenvalue weighted by molar-refractivity contribution is 9.10. The zero-order valence-electron chi connectivity index (χ0n) is 8.65. The van der Waals surface area contributed by atoms with Crippen LogP contribution in [0.1, 0.15) is 5.69 Å². The fraction of sp³-hybridized carbons (Fsp3) is 0.0833. The minimum Gasteiger partial charge on any atom is -0.384 e. The van der Waals surface area contributed by atoms with Crippen molar-refractivity contribution in [2.75, 3.05) is 11.1 Å². The van der Waals surface area contributed by atoms with Gasteiger partial charge in [-0.3, -0.25) is 0 Å². The Morgan fingerprint density at radius 2 is 1.88 bits per heavy atom. The summed E-state index contributed by atoms with van der Waals surface area (Å²) in [5.41, 5.74) is 7.60. The third-order valence-electron chi connectivity index (χ3n) is 2.15. The van der Waals surface area contributed by atoms with Gasteiger partial charge in [-0.05, 0) is 36.4 Å². The number of anilines is 2. The van der Waals surface area contributed by atoms with E-state index < -0.39 is 0 Å². The number of halogens is 1. The molecule has 0 aliphatic rings. The standard InChI is InChI=1S/C12H12BrN3/c13-9-4-6-10(7-5-9)15-8-11-2-1-3-12(14)16-11/h1-7,15H,8H2,(H2,14,16). The Labute approximate surface area is 103 Å². The van der Waals surface area contributed by atoms with E-state index in [0.29, 0.717) is 12.4 Å². The molecule has 0 saturated heterocycles. The summed E-state index contributed by atoms with van der Waals surface area (Å²) in [5, 5.41) is 3.28. The van der Waals surface area contributed by atoms with Crippen LogP contribution in [-0.4, -0.2) is 4.98 Å². The van der Waals surface area contributed by atoms with Crippen molar-refractivity contribution in [3.8, 4) is 0 Å². The van der Waals surface area contributed by atoms with E-state index in [0.717, 1.165) is 15.9 Å². The van der Waals surface area contributed by atoms with E-state index in [2.05, 4.69) is 26.2 Å². The Bertz CT molecular complexity index is 468. The molecule has 0 aliphatic heterocycles. The van der Waals surface area contributed by atoms with Crippen LogP contribution in [0, 0.1) is 0 Å². The molecule has 0 saturated carbocycles. The highest BCUT2D eigenvalue weighted by atomic mass is 79.9. The zero-order valence-corrected chi connectivity index (χ0v) is 10.2. The Balaban J connectivity index is 1.99. The van der Waals surface area contributed by atoms with Gasteiger partial charge >= 0.3 is 0 Å². The summed E-state index contributed by atoms with van der Waals surface area (Å²) in [7, 11) is 0. The molecule has 1 aromatic heterocycles. The van der Waals surface area contributed by atoms with E-state index in [1.165, 1.54) is 0 Å². The van der Waals surface area contributed by atoms with Crippen molar-refractivity contribution < 1.29 is 0 Å². The van der Waals surface area contributed by atoms with Crippen LogP contribution in [0.2, 0.25) is 0 Å². The lowest BCUT2D eigenvalue weighted by Crippen LogP contribution is -2.02. The van der Waals surface area contributed by atoms with Crippen LogP contribution in [0.4, 0.5) is 11.5 Å². The first-order valence-electron chi connectivity index (χ1n) is 4.95. The predicted octanol–water partition coefficient (Wildman–Crippen LogP) is 3.04. The molecule has 0 atom stereocenters. The Kier molecular flexibility index (Phi) is 3.41. The molecule has 0 aliphatic carbocycles. The van der Waals surface area contributed by atoms with Gasteiger partial charge in [-0.15, -0.1) is 0 Å². The van der Waals surface area contributed by atoms with Crippen LogP contribution in [0.3, 0.4) is 0 Å². The lowest BCUT2D eigenvalue weighted by Gasteiger charge is -2.06. The van der Waals surface area contributed by atoms with Crippen molar-refractivity contribution in [3.63, 3.8) is 0 Å². The van der Waals surface area contributed by atoms with Crippen molar-refractivity contribution in [1.29, 1.82) is 0 Å². The first kappa shape index (κ1) is 11.0. The molecule has 0 fully saturated rings. The fourth-order valence-corrected chi connectivity index (χ4v) is 1.62. The number of benzene rings is 1. The molecular weight excluding hydrogens is 266 g/mol. The van der Waals surface area contributed by atoms with Gasteiger partial charge in [-0.2, -0.15) is 0 Å². The molecule has 1 heterocycles. The summed E-state index contributed by atoms with van der Waals surface area (Å²) in [4.78, 5) is 4.21. The quantitative estimate of drug-likeness (QED) is 0.907. The van der Waals surface area contributed by atoms with Gasteiger partial charge in [0.1, 0.15) is 5.82 Å². The van der Waals surface area contributed by atoms with Crippen molar-refractivity contribution in [2.24, 2.45) is 0 Å².